The minimum Gasteiger partial charge on any atom is -0.354 e. The third kappa shape index (κ3) is 2.93. The van der Waals surface area contributed by atoms with E-state index in [0.29, 0.717) is 17.1 Å². The number of amides is 1. The predicted molar refractivity (Wildman–Crippen MR) is 78.7 cm³/mol. The summed E-state index contributed by atoms with van der Waals surface area (Å²) in [5.41, 5.74) is 0.815. The van der Waals surface area contributed by atoms with Gasteiger partial charge in [0.25, 0.3) is 0 Å². The average Bonchev–Trinajstić information content (AvgIpc) is 2.86. The largest absolute Gasteiger partial charge is 0.354 e. The smallest absolute Gasteiger partial charge is 0.242 e. The Bertz CT molecular complexity index is 634. The number of H-pyrrole nitrogens is 1. The van der Waals surface area contributed by atoms with Gasteiger partial charge in [0, 0.05) is 24.5 Å². The zero-order chi connectivity index (χ0) is 14.5. The molecule has 2 rings (SSSR count). The fourth-order valence-corrected chi connectivity index (χ4v) is 2.17. The lowest BCUT2D eigenvalue weighted by molar-refractivity contribution is -0.123. The first-order valence-corrected chi connectivity index (χ1v) is 6.91. The van der Waals surface area contributed by atoms with Gasteiger partial charge in [-0.05, 0) is 37.7 Å². The molecule has 1 unspecified atom stereocenters. The molecule has 1 atom stereocenters. The molecule has 0 fully saturated rings. The van der Waals surface area contributed by atoms with Crippen molar-refractivity contribution >= 4 is 18.1 Å². The van der Waals surface area contributed by atoms with E-state index in [4.69, 9.17) is 12.2 Å². The molecular weight excluding hydrogens is 274 g/mol. The lowest BCUT2D eigenvalue weighted by atomic mass is 10.2. The second-order valence-electron chi connectivity index (χ2n) is 4.43. The Morgan fingerprint density at radius 3 is 3.05 bits per heavy atom. The zero-order valence-corrected chi connectivity index (χ0v) is 12.3. The molecule has 0 aliphatic carbocycles. The topological polar surface area (TPSA) is 75.6 Å². The van der Waals surface area contributed by atoms with Crippen LogP contribution in [0.5, 0.6) is 0 Å². The highest BCUT2D eigenvalue weighted by Gasteiger charge is 2.20. The highest BCUT2D eigenvalue weighted by Crippen LogP contribution is 2.20. The van der Waals surface area contributed by atoms with Crippen molar-refractivity contribution < 1.29 is 4.79 Å². The molecule has 0 radical (unpaired) electrons. The maximum atomic E-state index is 12.1. The zero-order valence-electron chi connectivity index (χ0n) is 11.5. The highest BCUT2D eigenvalue weighted by molar-refractivity contribution is 7.71. The first kappa shape index (κ1) is 14.4. The molecule has 0 aromatic carbocycles. The molecule has 0 spiro atoms. The van der Waals surface area contributed by atoms with Crippen molar-refractivity contribution in [3.05, 3.63) is 29.3 Å². The Hall–Kier alpha value is -2.02. The number of carbonyl (C=O) groups excluding carboxylic acids is 1. The van der Waals surface area contributed by atoms with E-state index in [2.05, 4.69) is 20.5 Å². The first-order valence-electron chi connectivity index (χ1n) is 6.50. The van der Waals surface area contributed by atoms with Crippen LogP contribution in [0.2, 0.25) is 0 Å². The van der Waals surface area contributed by atoms with E-state index in [1.807, 2.05) is 19.1 Å². The second-order valence-corrected chi connectivity index (χ2v) is 4.82. The van der Waals surface area contributed by atoms with E-state index in [0.717, 1.165) is 12.0 Å². The van der Waals surface area contributed by atoms with E-state index < -0.39 is 6.04 Å². The molecule has 0 bridgehead atoms. The second kappa shape index (κ2) is 6.42. The van der Waals surface area contributed by atoms with E-state index in [1.54, 1.807) is 23.9 Å². The number of rotatable bonds is 5. The molecule has 20 heavy (non-hydrogen) atoms. The van der Waals surface area contributed by atoms with Crippen molar-refractivity contribution in [2.75, 3.05) is 6.54 Å². The van der Waals surface area contributed by atoms with Crippen LogP contribution in [0.3, 0.4) is 0 Å². The molecule has 2 heterocycles. The summed E-state index contributed by atoms with van der Waals surface area (Å²) in [5, 5.41) is 9.79. The SMILES string of the molecule is CCCNC(=O)C(C)n1c(-c2cccnc2)n[nH]c1=S. The number of carbonyl (C=O) groups is 1. The third-order valence-corrected chi connectivity index (χ3v) is 3.23. The van der Waals surface area contributed by atoms with Crippen LogP contribution in [-0.2, 0) is 4.79 Å². The number of hydrogen-bond acceptors (Lipinski definition) is 4. The molecule has 7 heteroatoms. The molecule has 0 aliphatic heterocycles. The lowest BCUT2D eigenvalue weighted by Gasteiger charge is -2.15. The van der Waals surface area contributed by atoms with Crippen molar-refractivity contribution in [1.82, 2.24) is 25.1 Å². The van der Waals surface area contributed by atoms with Gasteiger partial charge in [0.1, 0.15) is 6.04 Å². The van der Waals surface area contributed by atoms with Gasteiger partial charge in [-0.3, -0.25) is 19.4 Å². The van der Waals surface area contributed by atoms with Crippen LogP contribution in [0.1, 0.15) is 26.3 Å². The van der Waals surface area contributed by atoms with Crippen LogP contribution in [0.15, 0.2) is 24.5 Å². The molecule has 2 N–H and O–H groups in total. The fourth-order valence-electron chi connectivity index (χ4n) is 1.88. The van der Waals surface area contributed by atoms with E-state index in [-0.39, 0.29) is 5.91 Å². The van der Waals surface area contributed by atoms with Gasteiger partial charge in [0.2, 0.25) is 5.91 Å². The average molecular weight is 291 g/mol. The van der Waals surface area contributed by atoms with Gasteiger partial charge in [0.05, 0.1) is 0 Å². The van der Waals surface area contributed by atoms with Gasteiger partial charge < -0.3 is 5.32 Å². The maximum absolute atomic E-state index is 12.1. The maximum Gasteiger partial charge on any atom is 0.242 e. The molecule has 106 valence electrons. The van der Waals surface area contributed by atoms with Gasteiger partial charge in [-0.1, -0.05) is 6.92 Å². The van der Waals surface area contributed by atoms with E-state index in [1.165, 1.54) is 0 Å². The summed E-state index contributed by atoms with van der Waals surface area (Å²) < 4.78 is 2.13. The Kier molecular flexibility index (Phi) is 4.62. The van der Waals surface area contributed by atoms with Crippen molar-refractivity contribution in [2.24, 2.45) is 0 Å². The summed E-state index contributed by atoms with van der Waals surface area (Å²) >= 11 is 5.23. The summed E-state index contributed by atoms with van der Waals surface area (Å²) in [5.74, 6) is 0.539. The molecule has 1 amide bonds. The molecule has 0 saturated heterocycles. The van der Waals surface area contributed by atoms with Crippen molar-refractivity contribution in [3.63, 3.8) is 0 Å². The van der Waals surface area contributed by atoms with Crippen molar-refractivity contribution in [2.45, 2.75) is 26.3 Å². The van der Waals surface area contributed by atoms with E-state index in [9.17, 15) is 4.79 Å². The molecule has 2 aromatic rings. The Morgan fingerprint density at radius 1 is 1.60 bits per heavy atom. The van der Waals surface area contributed by atoms with Gasteiger partial charge in [-0.2, -0.15) is 5.10 Å². The summed E-state index contributed by atoms with van der Waals surface area (Å²) in [4.78, 5) is 16.2. The first-order chi connectivity index (χ1) is 9.65. The molecule has 0 aliphatic rings. The number of nitrogens with one attached hydrogen (secondary N) is 2. The number of hydrogen-bond donors (Lipinski definition) is 2. The number of aromatic nitrogens is 4. The van der Waals surface area contributed by atoms with Gasteiger partial charge >= 0.3 is 0 Å². The van der Waals surface area contributed by atoms with Crippen LogP contribution in [-0.4, -0.2) is 32.2 Å². The number of nitrogens with zero attached hydrogens (tertiary/aromatic N) is 3. The quantitative estimate of drug-likeness (QED) is 0.827. The van der Waals surface area contributed by atoms with Crippen molar-refractivity contribution in [3.8, 4) is 11.4 Å². The molecule has 2 aromatic heterocycles. The monoisotopic (exact) mass is 291 g/mol. The summed E-state index contributed by atoms with van der Waals surface area (Å²) in [7, 11) is 0. The van der Waals surface area contributed by atoms with Crippen molar-refractivity contribution in [1.29, 1.82) is 0 Å². The van der Waals surface area contributed by atoms with Crippen LogP contribution in [0.25, 0.3) is 11.4 Å². The van der Waals surface area contributed by atoms with Crippen LogP contribution in [0, 0.1) is 4.77 Å². The lowest BCUT2D eigenvalue weighted by Crippen LogP contribution is -2.31. The standard InChI is InChI=1S/C13H17N5OS/c1-3-6-15-12(19)9(2)18-11(16-17-13(18)20)10-5-4-7-14-8-10/h4-5,7-9H,3,6H2,1-2H3,(H,15,19)(H,17,20). The predicted octanol–water partition coefficient (Wildman–Crippen LogP) is 2.09. The molecular formula is C13H17N5OS. The Balaban J connectivity index is 2.35. The summed E-state index contributed by atoms with van der Waals surface area (Å²) in [6.45, 7) is 4.46. The Morgan fingerprint density at radius 2 is 2.40 bits per heavy atom. The minimum absolute atomic E-state index is 0.0745. The van der Waals surface area contributed by atoms with Crippen LogP contribution in [0.4, 0.5) is 0 Å². The third-order valence-electron chi connectivity index (χ3n) is 2.94. The summed E-state index contributed by atoms with van der Waals surface area (Å²) in [6, 6.07) is 3.27. The minimum atomic E-state index is -0.428. The molecule has 0 saturated carbocycles. The highest BCUT2D eigenvalue weighted by atomic mass is 32.1. The van der Waals surface area contributed by atoms with Crippen LogP contribution >= 0.6 is 12.2 Å². The van der Waals surface area contributed by atoms with Gasteiger partial charge in [-0.25, -0.2) is 0 Å². The van der Waals surface area contributed by atoms with Gasteiger partial charge in [0.15, 0.2) is 10.6 Å². The van der Waals surface area contributed by atoms with E-state index >= 15 is 0 Å². The Labute approximate surface area is 122 Å². The van der Waals surface area contributed by atoms with Crippen LogP contribution < -0.4 is 5.32 Å². The normalized spacial score (nSPS) is 12.1. The fraction of sp³-hybridized carbons (Fsp3) is 0.385. The molecule has 6 nitrogen and oxygen atoms in total. The summed E-state index contributed by atoms with van der Waals surface area (Å²) in [6.07, 6.45) is 4.27. The number of aromatic amines is 1. The number of pyridine rings is 1. The van der Waals surface area contributed by atoms with Gasteiger partial charge in [-0.15, -0.1) is 0 Å².